The van der Waals surface area contributed by atoms with E-state index in [2.05, 4.69) is 62.3 Å². The van der Waals surface area contributed by atoms with Crippen molar-refractivity contribution in [1.29, 1.82) is 0 Å². The van der Waals surface area contributed by atoms with Crippen LogP contribution in [0.4, 0.5) is 0 Å². The first-order chi connectivity index (χ1) is 7.18. The summed E-state index contributed by atoms with van der Waals surface area (Å²) in [5.74, 6) is 2.51. The average Bonchev–Trinajstić information content (AvgIpc) is 2.15. The summed E-state index contributed by atoms with van der Waals surface area (Å²) >= 11 is 0. The van der Waals surface area contributed by atoms with Crippen LogP contribution >= 0.6 is 0 Å². The first kappa shape index (κ1) is 18.4. The van der Waals surface area contributed by atoms with Crippen molar-refractivity contribution in [2.24, 2.45) is 23.2 Å². The molecule has 1 atom stereocenters. The van der Waals surface area contributed by atoms with Gasteiger partial charge in [-0.25, -0.2) is 0 Å². The van der Waals surface area contributed by atoms with Crippen molar-refractivity contribution < 1.29 is 0 Å². The molecule has 0 aliphatic heterocycles. The fraction of sp³-hybridized carbons (Fsp3) is 1.00. The zero-order valence-corrected chi connectivity index (χ0v) is 13.4. The quantitative estimate of drug-likeness (QED) is 0.529. The second kappa shape index (κ2) is 9.07. The summed E-state index contributed by atoms with van der Waals surface area (Å²) in [5, 5.41) is 0. The molecule has 0 saturated carbocycles. The van der Waals surface area contributed by atoms with E-state index < -0.39 is 0 Å². The molecule has 0 aliphatic rings. The predicted molar refractivity (Wildman–Crippen MR) is 77.8 cm³/mol. The molecule has 0 aromatic carbocycles. The number of hydrogen-bond acceptors (Lipinski definition) is 0. The maximum absolute atomic E-state index is 2.39. The minimum absolute atomic E-state index is 0.517. The van der Waals surface area contributed by atoms with E-state index in [0.29, 0.717) is 5.41 Å². The molecule has 0 fully saturated rings. The van der Waals surface area contributed by atoms with Crippen LogP contribution in [-0.4, -0.2) is 0 Å². The maximum atomic E-state index is 2.39. The smallest absolute Gasteiger partial charge is 0.0331 e. The largest absolute Gasteiger partial charge is 0.0656 e. The summed E-state index contributed by atoms with van der Waals surface area (Å²) in [6, 6.07) is 0. The Morgan fingerprint density at radius 2 is 1.25 bits per heavy atom. The third-order valence-corrected chi connectivity index (χ3v) is 3.95. The predicted octanol–water partition coefficient (Wildman–Crippen LogP) is 6.16. The Morgan fingerprint density at radius 1 is 0.875 bits per heavy atom. The molecule has 1 unspecified atom stereocenters. The average molecular weight is 228 g/mol. The van der Waals surface area contributed by atoms with E-state index in [1.54, 1.807) is 0 Å². The highest BCUT2D eigenvalue weighted by Gasteiger charge is 2.23. The van der Waals surface area contributed by atoms with Gasteiger partial charge < -0.3 is 0 Å². The molecular weight excluding hydrogens is 192 g/mol. The van der Waals surface area contributed by atoms with Crippen molar-refractivity contribution in [3.63, 3.8) is 0 Å². The molecule has 0 spiro atoms. The highest BCUT2D eigenvalue weighted by molar-refractivity contribution is 4.73. The highest BCUT2D eigenvalue weighted by atomic mass is 14.3. The van der Waals surface area contributed by atoms with E-state index in [1.165, 1.54) is 19.3 Å². The molecular formula is C16H36. The van der Waals surface area contributed by atoms with Crippen molar-refractivity contribution in [3.8, 4) is 0 Å². The third-order valence-electron chi connectivity index (χ3n) is 3.95. The first-order valence-electron chi connectivity index (χ1n) is 7.18. The summed E-state index contributed by atoms with van der Waals surface area (Å²) < 4.78 is 0. The lowest BCUT2D eigenvalue weighted by Crippen LogP contribution is -2.20. The van der Waals surface area contributed by atoms with E-state index in [-0.39, 0.29) is 0 Å². The van der Waals surface area contributed by atoms with Crippen molar-refractivity contribution in [1.82, 2.24) is 0 Å². The summed E-state index contributed by atoms with van der Waals surface area (Å²) in [4.78, 5) is 0. The maximum Gasteiger partial charge on any atom is -0.0331 e. The van der Waals surface area contributed by atoms with Crippen LogP contribution in [0.5, 0.6) is 0 Å². The molecule has 0 saturated heterocycles. The van der Waals surface area contributed by atoms with Gasteiger partial charge in [0.25, 0.3) is 0 Å². The molecule has 0 radical (unpaired) electrons. The van der Waals surface area contributed by atoms with Gasteiger partial charge in [0.15, 0.2) is 0 Å². The van der Waals surface area contributed by atoms with E-state index in [1.807, 2.05) is 0 Å². The van der Waals surface area contributed by atoms with Crippen LogP contribution in [0, 0.1) is 23.2 Å². The molecule has 0 heterocycles. The van der Waals surface area contributed by atoms with Gasteiger partial charge in [-0.1, -0.05) is 68.7 Å². The molecule has 0 rings (SSSR count). The van der Waals surface area contributed by atoms with E-state index in [0.717, 1.165) is 17.8 Å². The van der Waals surface area contributed by atoms with Gasteiger partial charge in [-0.15, -0.1) is 0 Å². The molecule has 0 nitrogen and oxygen atoms in total. The van der Waals surface area contributed by atoms with Crippen LogP contribution in [0.3, 0.4) is 0 Å². The zero-order valence-electron chi connectivity index (χ0n) is 13.4. The molecule has 0 aliphatic carbocycles. The Balaban J connectivity index is 0. The summed E-state index contributed by atoms with van der Waals surface area (Å²) in [6.45, 7) is 20.7. The van der Waals surface area contributed by atoms with Crippen LogP contribution in [0.15, 0.2) is 0 Å². The summed E-state index contributed by atoms with van der Waals surface area (Å²) in [5.41, 5.74) is 0.517. The van der Waals surface area contributed by atoms with Gasteiger partial charge in [0.2, 0.25) is 0 Å². The molecule has 16 heavy (non-hydrogen) atoms. The minimum atomic E-state index is 0.517. The Hall–Kier alpha value is 0. The van der Waals surface area contributed by atoms with Gasteiger partial charge >= 0.3 is 0 Å². The zero-order chi connectivity index (χ0) is 13.4. The van der Waals surface area contributed by atoms with Crippen molar-refractivity contribution in [2.75, 3.05) is 0 Å². The molecule has 0 aromatic rings. The molecule has 0 bridgehead atoms. The van der Waals surface area contributed by atoms with E-state index >= 15 is 0 Å². The summed E-state index contributed by atoms with van der Waals surface area (Å²) in [7, 11) is 0. The van der Waals surface area contributed by atoms with Crippen molar-refractivity contribution >= 4 is 0 Å². The Labute approximate surface area is 105 Å². The molecule has 0 aromatic heterocycles. The van der Waals surface area contributed by atoms with Crippen molar-refractivity contribution in [3.05, 3.63) is 0 Å². The fourth-order valence-electron chi connectivity index (χ4n) is 1.22. The second-order valence-corrected chi connectivity index (χ2v) is 6.61. The van der Waals surface area contributed by atoms with Crippen LogP contribution in [-0.2, 0) is 0 Å². The van der Waals surface area contributed by atoms with Gasteiger partial charge in [-0.05, 0) is 36.0 Å². The molecule has 0 N–H and O–H groups in total. The van der Waals surface area contributed by atoms with E-state index in [9.17, 15) is 0 Å². The third kappa shape index (κ3) is 9.24. The van der Waals surface area contributed by atoms with Gasteiger partial charge in [-0.2, -0.15) is 0 Å². The fourth-order valence-corrected chi connectivity index (χ4v) is 1.22. The molecule has 0 heteroatoms. The highest BCUT2D eigenvalue weighted by Crippen LogP contribution is 2.33. The Kier molecular flexibility index (Phi) is 10.4. The second-order valence-electron chi connectivity index (χ2n) is 6.61. The SMILES string of the molecule is CC(C)C(C)CCC(C)(C)C(C)C.CCC. The number of hydrogen-bond donors (Lipinski definition) is 0. The lowest BCUT2D eigenvalue weighted by molar-refractivity contribution is 0.200. The van der Waals surface area contributed by atoms with E-state index in [4.69, 9.17) is 0 Å². The number of rotatable bonds is 5. The van der Waals surface area contributed by atoms with Crippen LogP contribution in [0.25, 0.3) is 0 Å². The van der Waals surface area contributed by atoms with Crippen molar-refractivity contribution in [2.45, 2.75) is 81.6 Å². The van der Waals surface area contributed by atoms with Gasteiger partial charge in [0, 0.05) is 0 Å². The minimum Gasteiger partial charge on any atom is -0.0656 e. The van der Waals surface area contributed by atoms with Crippen LogP contribution < -0.4 is 0 Å². The Morgan fingerprint density at radius 3 is 1.50 bits per heavy atom. The monoisotopic (exact) mass is 228 g/mol. The molecule has 0 amide bonds. The lowest BCUT2D eigenvalue weighted by atomic mass is 9.75. The first-order valence-corrected chi connectivity index (χ1v) is 7.18. The van der Waals surface area contributed by atoms with Gasteiger partial charge in [-0.3, -0.25) is 0 Å². The molecule has 100 valence electrons. The lowest BCUT2D eigenvalue weighted by Gasteiger charge is -2.31. The van der Waals surface area contributed by atoms with Crippen LogP contribution in [0.2, 0.25) is 0 Å². The topological polar surface area (TPSA) is 0 Å². The van der Waals surface area contributed by atoms with Gasteiger partial charge in [0.05, 0.1) is 0 Å². The van der Waals surface area contributed by atoms with Gasteiger partial charge in [0.1, 0.15) is 0 Å². The Bertz CT molecular complexity index is 142. The normalized spacial score (nSPS) is 13.7. The van der Waals surface area contributed by atoms with Crippen LogP contribution in [0.1, 0.15) is 81.6 Å². The summed E-state index contributed by atoms with van der Waals surface area (Å²) in [6.07, 6.45) is 3.99. The standard InChI is InChI=1S/C13H28.C3H8/c1-10(2)12(5)8-9-13(6,7)11(3)4;1-3-2/h10-12H,8-9H2,1-7H3;3H2,1-2H3.